The van der Waals surface area contributed by atoms with Crippen LogP contribution in [0.4, 0.5) is 5.95 Å². The number of nitrogens with two attached hydrogens (primary N) is 1. The van der Waals surface area contributed by atoms with Gasteiger partial charge in [-0.3, -0.25) is 0 Å². The van der Waals surface area contributed by atoms with Crippen LogP contribution in [0.15, 0.2) is 6.07 Å². The number of ether oxygens (including phenoxy) is 2. The zero-order valence-corrected chi connectivity index (χ0v) is 13.1. The van der Waals surface area contributed by atoms with Crippen molar-refractivity contribution in [1.82, 2.24) is 9.97 Å². The van der Waals surface area contributed by atoms with E-state index in [0.717, 1.165) is 19.5 Å². The number of methoxy groups -OCH3 is 2. The molecule has 0 atom stereocenters. The molecule has 6 heteroatoms. The van der Waals surface area contributed by atoms with Gasteiger partial charge in [0.05, 0.1) is 20.3 Å². The minimum Gasteiger partial charge on any atom is -0.481 e. The first-order chi connectivity index (χ1) is 9.45. The summed E-state index contributed by atoms with van der Waals surface area (Å²) in [6.07, 6.45) is 1.00. The van der Waals surface area contributed by atoms with Gasteiger partial charge < -0.3 is 20.1 Å². The smallest absolute Gasteiger partial charge is 0.231 e. The molecular weight excluding hydrogens is 256 g/mol. The van der Waals surface area contributed by atoms with Crippen LogP contribution in [0.2, 0.25) is 0 Å². The monoisotopic (exact) mass is 282 g/mol. The maximum Gasteiger partial charge on any atom is 0.231 e. The fraction of sp³-hybridized carbons (Fsp3) is 0.714. The Hall–Kier alpha value is -1.56. The molecule has 0 aliphatic carbocycles. The summed E-state index contributed by atoms with van der Waals surface area (Å²) in [5.41, 5.74) is 5.82. The Labute approximate surface area is 121 Å². The summed E-state index contributed by atoms with van der Waals surface area (Å²) in [7, 11) is 3.17. The molecule has 0 bridgehead atoms. The van der Waals surface area contributed by atoms with Gasteiger partial charge in [-0.15, -0.1) is 0 Å². The van der Waals surface area contributed by atoms with E-state index < -0.39 is 0 Å². The van der Waals surface area contributed by atoms with Crippen molar-refractivity contribution in [3.8, 4) is 11.8 Å². The van der Waals surface area contributed by atoms with Gasteiger partial charge in [0.25, 0.3) is 0 Å². The van der Waals surface area contributed by atoms with Crippen LogP contribution in [0.1, 0.15) is 27.2 Å². The molecule has 1 rings (SSSR count). The Balaban J connectivity index is 3.07. The summed E-state index contributed by atoms with van der Waals surface area (Å²) in [5, 5.41) is 0. The molecule has 0 aliphatic heterocycles. The first-order valence-electron chi connectivity index (χ1n) is 6.88. The van der Waals surface area contributed by atoms with Crippen LogP contribution in [0, 0.1) is 5.41 Å². The molecule has 114 valence electrons. The van der Waals surface area contributed by atoms with Gasteiger partial charge in [0, 0.05) is 13.1 Å². The van der Waals surface area contributed by atoms with Crippen molar-refractivity contribution < 1.29 is 9.47 Å². The van der Waals surface area contributed by atoms with Gasteiger partial charge in [0.15, 0.2) is 0 Å². The predicted octanol–water partition coefficient (Wildman–Crippen LogP) is 1.70. The van der Waals surface area contributed by atoms with Crippen LogP contribution in [-0.4, -0.2) is 43.8 Å². The summed E-state index contributed by atoms with van der Waals surface area (Å²) in [5.74, 6) is 1.61. The maximum absolute atomic E-state index is 5.82. The average Bonchev–Trinajstić information content (AvgIpc) is 2.46. The fourth-order valence-electron chi connectivity index (χ4n) is 1.84. The Morgan fingerprint density at radius 2 is 1.75 bits per heavy atom. The minimum atomic E-state index is -0.00512. The van der Waals surface area contributed by atoms with Crippen molar-refractivity contribution in [2.75, 3.05) is 38.8 Å². The van der Waals surface area contributed by atoms with E-state index in [9.17, 15) is 0 Å². The summed E-state index contributed by atoms with van der Waals surface area (Å²) in [6.45, 7) is 8.64. The highest BCUT2D eigenvalue weighted by molar-refractivity contribution is 5.37. The van der Waals surface area contributed by atoms with Gasteiger partial charge in [-0.05, 0) is 18.4 Å². The van der Waals surface area contributed by atoms with Crippen LogP contribution in [0.5, 0.6) is 11.8 Å². The molecule has 1 aromatic heterocycles. The van der Waals surface area contributed by atoms with E-state index in [-0.39, 0.29) is 5.41 Å². The number of aromatic nitrogens is 2. The number of anilines is 1. The van der Waals surface area contributed by atoms with Crippen LogP contribution < -0.4 is 20.1 Å². The lowest BCUT2D eigenvalue weighted by atomic mass is 9.93. The van der Waals surface area contributed by atoms with Gasteiger partial charge >= 0.3 is 0 Å². The van der Waals surface area contributed by atoms with Gasteiger partial charge in [-0.1, -0.05) is 20.8 Å². The van der Waals surface area contributed by atoms with Crippen LogP contribution in [0.25, 0.3) is 0 Å². The Morgan fingerprint density at radius 3 is 2.15 bits per heavy atom. The number of hydrogen-bond donors (Lipinski definition) is 1. The van der Waals surface area contributed by atoms with Crippen LogP contribution in [-0.2, 0) is 0 Å². The third kappa shape index (κ3) is 4.52. The normalized spacial score (nSPS) is 11.3. The Bertz CT molecular complexity index is 401. The average molecular weight is 282 g/mol. The Morgan fingerprint density at radius 1 is 1.20 bits per heavy atom. The second-order valence-corrected chi connectivity index (χ2v) is 5.54. The standard InChI is InChI=1S/C14H26N4O2/c1-6-7-18(10-14(2,3)9-15)13-16-11(19-4)8-12(17-13)20-5/h8H,6-7,9-10,15H2,1-5H3. The summed E-state index contributed by atoms with van der Waals surface area (Å²) in [4.78, 5) is 10.9. The fourth-order valence-corrected chi connectivity index (χ4v) is 1.84. The van der Waals surface area contributed by atoms with Crippen molar-refractivity contribution in [2.45, 2.75) is 27.2 Å². The topological polar surface area (TPSA) is 73.5 Å². The zero-order chi connectivity index (χ0) is 15.2. The highest BCUT2D eigenvalue weighted by Gasteiger charge is 2.22. The van der Waals surface area contributed by atoms with Crippen molar-refractivity contribution in [2.24, 2.45) is 11.1 Å². The van der Waals surface area contributed by atoms with Crippen LogP contribution in [0.3, 0.4) is 0 Å². The zero-order valence-electron chi connectivity index (χ0n) is 13.1. The van der Waals surface area contributed by atoms with Gasteiger partial charge in [-0.2, -0.15) is 9.97 Å². The van der Waals surface area contributed by atoms with Crippen molar-refractivity contribution in [3.63, 3.8) is 0 Å². The molecule has 0 amide bonds. The third-order valence-electron chi connectivity index (χ3n) is 3.03. The van der Waals surface area contributed by atoms with E-state index in [1.807, 2.05) is 0 Å². The Kier molecular flexibility index (Phi) is 6.01. The molecule has 0 spiro atoms. The predicted molar refractivity (Wildman–Crippen MR) is 80.5 cm³/mol. The van der Waals surface area contributed by atoms with Gasteiger partial charge in [-0.25, -0.2) is 0 Å². The molecule has 1 heterocycles. The largest absolute Gasteiger partial charge is 0.481 e. The number of hydrogen-bond acceptors (Lipinski definition) is 6. The number of rotatable bonds is 8. The lowest BCUT2D eigenvalue weighted by Gasteiger charge is -2.31. The van der Waals surface area contributed by atoms with E-state index in [4.69, 9.17) is 15.2 Å². The van der Waals surface area contributed by atoms with Crippen LogP contribution >= 0.6 is 0 Å². The highest BCUT2D eigenvalue weighted by atomic mass is 16.5. The van der Waals surface area contributed by atoms with E-state index >= 15 is 0 Å². The molecule has 0 saturated heterocycles. The quantitative estimate of drug-likeness (QED) is 0.782. The molecule has 1 aromatic rings. The first-order valence-corrected chi connectivity index (χ1v) is 6.88. The summed E-state index contributed by atoms with van der Waals surface area (Å²) < 4.78 is 10.4. The molecule has 0 saturated carbocycles. The molecule has 6 nitrogen and oxygen atoms in total. The maximum atomic E-state index is 5.82. The lowest BCUT2D eigenvalue weighted by Crippen LogP contribution is -2.40. The van der Waals surface area contributed by atoms with Gasteiger partial charge in [0.1, 0.15) is 0 Å². The summed E-state index contributed by atoms with van der Waals surface area (Å²) in [6, 6.07) is 1.67. The van der Waals surface area contributed by atoms with E-state index in [2.05, 4.69) is 35.6 Å². The van der Waals surface area contributed by atoms with E-state index in [1.165, 1.54) is 0 Å². The van der Waals surface area contributed by atoms with Crippen molar-refractivity contribution in [1.29, 1.82) is 0 Å². The molecule has 2 N–H and O–H groups in total. The molecule has 0 fully saturated rings. The third-order valence-corrected chi connectivity index (χ3v) is 3.03. The molecule has 0 aromatic carbocycles. The second-order valence-electron chi connectivity index (χ2n) is 5.54. The van der Waals surface area contributed by atoms with Crippen molar-refractivity contribution >= 4 is 5.95 Å². The second kappa shape index (κ2) is 7.28. The van der Waals surface area contributed by atoms with E-state index in [0.29, 0.717) is 24.3 Å². The van der Waals surface area contributed by atoms with E-state index in [1.54, 1.807) is 20.3 Å². The van der Waals surface area contributed by atoms with Crippen molar-refractivity contribution in [3.05, 3.63) is 6.07 Å². The molecular formula is C14H26N4O2. The molecule has 0 radical (unpaired) electrons. The first kappa shape index (κ1) is 16.5. The summed E-state index contributed by atoms with van der Waals surface area (Å²) >= 11 is 0. The molecule has 0 unspecified atom stereocenters. The number of nitrogens with zero attached hydrogens (tertiary/aromatic N) is 3. The molecule has 0 aliphatic rings. The van der Waals surface area contributed by atoms with Gasteiger partial charge in [0.2, 0.25) is 17.7 Å². The SMILES string of the molecule is CCCN(CC(C)(C)CN)c1nc(OC)cc(OC)n1. The lowest BCUT2D eigenvalue weighted by molar-refractivity contribution is 0.360. The highest BCUT2D eigenvalue weighted by Crippen LogP contribution is 2.23. The molecule has 20 heavy (non-hydrogen) atoms. The minimum absolute atomic E-state index is 0.00512.